The van der Waals surface area contributed by atoms with Gasteiger partial charge in [-0.2, -0.15) is 0 Å². The molecule has 1 aromatic carbocycles. The van der Waals surface area contributed by atoms with E-state index in [0.717, 1.165) is 56.0 Å². The minimum atomic E-state index is 0.117. The molecule has 7 nitrogen and oxygen atoms in total. The molecular formula is C23H29ClN4O3. The number of fused-ring (bicyclic) bond motifs is 2. The normalized spacial score (nSPS) is 21.2. The molecule has 1 atom stereocenters. The van der Waals surface area contributed by atoms with Crippen LogP contribution in [0.2, 0.25) is 5.02 Å². The van der Waals surface area contributed by atoms with Crippen molar-refractivity contribution < 1.29 is 14.3 Å². The lowest BCUT2D eigenvalue weighted by Gasteiger charge is -2.32. The van der Waals surface area contributed by atoms with Crippen molar-refractivity contribution in [2.24, 2.45) is 0 Å². The van der Waals surface area contributed by atoms with Gasteiger partial charge in [-0.15, -0.1) is 10.2 Å². The van der Waals surface area contributed by atoms with Crippen LogP contribution in [0.25, 0.3) is 0 Å². The standard InChI is InChI=1S/C23H29ClN4O3/c24-18-12-16(13-19-22(18)31-11-5-10-30-19)14-21(29)27-8-4-6-17(15-27)23-26-25-20-7-2-1-3-9-28(20)23/h12-13,17H,1-11,14-15H2. The molecule has 1 aromatic heterocycles. The van der Waals surface area contributed by atoms with Gasteiger partial charge in [0.1, 0.15) is 11.6 Å². The number of carbonyl (C=O) groups is 1. The fraction of sp³-hybridized carbons (Fsp3) is 0.609. The van der Waals surface area contributed by atoms with E-state index in [0.29, 0.717) is 42.7 Å². The molecule has 31 heavy (non-hydrogen) atoms. The van der Waals surface area contributed by atoms with E-state index >= 15 is 0 Å². The Hall–Kier alpha value is -2.28. The smallest absolute Gasteiger partial charge is 0.227 e. The zero-order valence-electron chi connectivity index (χ0n) is 17.8. The van der Waals surface area contributed by atoms with Gasteiger partial charge < -0.3 is 18.9 Å². The van der Waals surface area contributed by atoms with Crippen molar-refractivity contribution in [1.82, 2.24) is 19.7 Å². The summed E-state index contributed by atoms with van der Waals surface area (Å²) in [4.78, 5) is 15.1. The molecule has 2 aromatic rings. The Morgan fingerprint density at radius 3 is 2.90 bits per heavy atom. The molecule has 1 amide bonds. The average molecular weight is 445 g/mol. The van der Waals surface area contributed by atoms with Gasteiger partial charge in [0.25, 0.3) is 0 Å². The lowest BCUT2D eigenvalue weighted by Crippen LogP contribution is -2.40. The highest BCUT2D eigenvalue weighted by Crippen LogP contribution is 2.38. The van der Waals surface area contributed by atoms with E-state index in [1.807, 2.05) is 17.0 Å². The maximum absolute atomic E-state index is 13.1. The fourth-order valence-corrected chi connectivity index (χ4v) is 5.18. The number of likely N-dealkylation sites (tertiary alicyclic amines) is 1. The molecule has 5 rings (SSSR count). The Balaban J connectivity index is 1.29. The first kappa shape index (κ1) is 20.6. The molecule has 0 radical (unpaired) electrons. The van der Waals surface area contributed by atoms with E-state index in [1.165, 1.54) is 19.3 Å². The summed E-state index contributed by atoms with van der Waals surface area (Å²) in [6.45, 7) is 3.67. The third-order valence-corrected chi connectivity index (χ3v) is 6.78. The van der Waals surface area contributed by atoms with Crippen molar-refractivity contribution in [3.63, 3.8) is 0 Å². The Kier molecular flexibility index (Phi) is 6.03. The van der Waals surface area contributed by atoms with Crippen LogP contribution in [-0.4, -0.2) is 51.9 Å². The first-order valence-electron chi connectivity index (χ1n) is 11.5. The van der Waals surface area contributed by atoms with Gasteiger partial charge in [0.05, 0.1) is 24.7 Å². The van der Waals surface area contributed by atoms with Crippen LogP contribution in [0.5, 0.6) is 11.5 Å². The van der Waals surface area contributed by atoms with Crippen molar-refractivity contribution in [3.05, 3.63) is 34.4 Å². The molecule has 166 valence electrons. The predicted octanol–water partition coefficient (Wildman–Crippen LogP) is 3.77. The molecule has 1 saturated heterocycles. The van der Waals surface area contributed by atoms with Crippen molar-refractivity contribution in [1.29, 1.82) is 0 Å². The first-order valence-corrected chi connectivity index (χ1v) is 11.8. The molecule has 0 N–H and O–H groups in total. The number of nitrogens with zero attached hydrogens (tertiary/aromatic N) is 4. The second kappa shape index (κ2) is 9.07. The van der Waals surface area contributed by atoms with E-state index in [9.17, 15) is 4.79 Å². The van der Waals surface area contributed by atoms with Gasteiger partial charge >= 0.3 is 0 Å². The van der Waals surface area contributed by atoms with E-state index in [-0.39, 0.29) is 11.8 Å². The topological polar surface area (TPSA) is 69.5 Å². The highest BCUT2D eigenvalue weighted by Gasteiger charge is 2.29. The van der Waals surface area contributed by atoms with E-state index in [4.69, 9.17) is 21.1 Å². The molecule has 3 aliphatic rings. The number of amides is 1. The lowest BCUT2D eigenvalue weighted by atomic mass is 9.96. The second-order valence-corrected chi connectivity index (χ2v) is 9.15. The summed E-state index contributed by atoms with van der Waals surface area (Å²) < 4.78 is 13.8. The Morgan fingerprint density at radius 2 is 1.97 bits per heavy atom. The number of rotatable bonds is 3. The molecule has 1 fully saturated rings. The van der Waals surface area contributed by atoms with Crippen LogP contribution >= 0.6 is 11.6 Å². The van der Waals surface area contributed by atoms with Gasteiger partial charge in [-0.3, -0.25) is 4.79 Å². The molecular weight excluding hydrogens is 416 g/mol. The monoisotopic (exact) mass is 444 g/mol. The first-order chi connectivity index (χ1) is 15.2. The minimum absolute atomic E-state index is 0.117. The van der Waals surface area contributed by atoms with Crippen LogP contribution in [-0.2, 0) is 24.2 Å². The molecule has 3 aliphatic heterocycles. The number of carbonyl (C=O) groups excluding carboxylic acids is 1. The number of piperidine rings is 1. The zero-order chi connectivity index (χ0) is 21.2. The van der Waals surface area contributed by atoms with Gasteiger partial charge in [-0.25, -0.2) is 0 Å². The quantitative estimate of drug-likeness (QED) is 0.720. The second-order valence-electron chi connectivity index (χ2n) is 8.75. The van der Waals surface area contributed by atoms with Crippen LogP contribution in [0, 0.1) is 0 Å². The average Bonchev–Trinajstić information content (AvgIpc) is 2.94. The molecule has 0 aliphatic carbocycles. The molecule has 0 saturated carbocycles. The number of halogens is 1. The molecule has 4 heterocycles. The zero-order valence-corrected chi connectivity index (χ0v) is 18.6. The number of benzene rings is 1. The van der Waals surface area contributed by atoms with Crippen LogP contribution in [0.3, 0.4) is 0 Å². The van der Waals surface area contributed by atoms with Crippen molar-refractivity contribution >= 4 is 17.5 Å². The summed E-state index contributed by atoms with van der Waals surface area (Å²) in [5.74, 6) is 3.76. The SMILES string of the molecule is O=C(Cc1cc(Cl)c2c(c1)OCCCO2)N1CCCC(c2nnc3n2CCCCC3)C1. The highest BCUT2D eigenvalue weighted by molar-refractivity contribution is 6.32. The third kappa shape index (κ3) is 4.38. The van der Waals surface area contributed by atoms with Gasteiger partial charge in [0, 0.05) is 38.4 Å². The highest BCUT2D eigenvalue weighted by atomic mass is 35.5. The van der Waals surface area contributed by atoms with Crippen LogP contribution < -0.4 is 9.47 Å². The Labute approximate surface area is 187 Å². The van der Waals surface area contributed by atoms with Gasteiger partial charge in [-0.05, 0) is 43.4 Å². The van der Waals surface area contributed by atoms with Gasteiger partial charge in [-0.1, -0.05) is 18.0 Å². The summed E-state index contributed by atoms with van der Waals surface area (Å²) >= 11 is 6.41. The summed E-state index contributed by atoms with van der Waals surface area (Å²) in [6.07, 6.45) is 7.78. The minimum Gasteiger partial charge on any atom is -0.489 e. The maximum atomic E-state index is 13.1. The number of hydrogen-bond acceptors (Lipinski definition) is 5. The molecule has 0 spiro atoms. The largest absolute Gasteiger partial charge is 0.489 e. The van der Waals surface area contributed by atoms with E-state index in [2.05, 4.69) is 14.8 Å². The summed E-state index contributed by atoms with van der Waals surface area (Å²) in [7, 11) is 0. The summed E-state index contributed by atoms with van der Waals surface area (Å²) in [5, 5.41) is 9.50. The Bertz CT molecular complexity index is 961. The number of hydrogen-bond donors (Lipinski definition) is 0. The summed E-state index contributed by atoms with van der Waals surface area (Å²) in [6, 6.07) is 3.72. The molecule has 1 unspecified atom stereocenters. The van der Waals surface area contributed by atoms with Gasteiger partial charge in [0.2, 0.25) is 5.91 Å². The maximum Gasteiger partial charge on any atom is 0.227 e. The van der Waals surface area contributed by atoms with Crippen LogP contribution in [0.4, 0.5) is 0 Å². The lowest BCUT2D eigenvalue weighted by molar-refractivity contribution is -0.131. The summed E-state index contributed by atoms with van der Waals surface area (Å²) in [5.41, 5.74) is 0.859. The predicted molar refractivity (Wildman–Crippen MR) is 117 cm³/mol. The van der Waals surface area contributed by atoms with E-state index in [1.54, 1.807) is 0 Å². The van der Waals surface area contributed by atoms with E-state index < -0.39 is 0 Å². The number of aryl methyl sites for hydroxylation is 1. The van der Waals surface area contributed by atoms with Crippen LogP contribution in [0.15, 0.2) is 12.1 Å². The van der Waals surface area contributed by atoms with Crippen molar-refractivity contribution in [3.8, 4) is 11.5 Å². The number of aromatic nitrogens is 3. The van der Waals surface area contributed by atoms with Gasteiger partial charge in [0.15, 0.2) is 11.5 Å². The van der Waals surface area contributed by atoms with Crippen molar-refractivity contribution in [2.75, 3.05) is 26.3 Å². The fourth-order valence-electron chi connectivity index (χ4n) is 4.90. The number of ether oxygens (including phenoxy) is 2. The molecule has 0 bridgehead atoms. The third-order valence-electron chi connectivity index (χ3n) is 6.49. The van der Waals surface area contributed by atoms with Crippen molar-refractivity contribution in [2.45, 2.75) is 63.8 Å². The Morgan fingerprint density at radius 1 is 1.06 bits per heavy atom. The van der Waals surface area contributed by atoms with Crippen LogP contribution in [0.1, 0.15) is 61.7 Å². The molecule has 8 heteroatoms.